The molecular formula is C9H14N4O. The Morgan fingerprint density at radius 1 is 1.57 bits per heavy atom. The molecule has 14 heavy (non-hydrogen) atoms. The molecule has 1 aliphatic heterocycles. The Labute approximate surface area is 82.7 Å². The van der Waals surface area contributed by atoms with E-state index >= 15 is 0 Å². The summed E-state index contributed by atoms with van der Waals surface area (Å²) in [5, 5.41) is 7.13. The van der Waals surface area contributed by atoms with Crippen molar-refractivity contribution in [2.24, 2.45) is 7.05 Å². The number of carbonyl (C=O) groups excluding carboxylic acids is 1. The summed E-state index contributed by atoms with van der Waals surface area (Å²) >= 11 is 0. The maximum Gasteiger partial charge on any atom is 0.244 e. The zero-order valence-electron chi connectivity index (χ0n) is 8.66. The smallest absolute Gasteiger partial charge is 0.244 e. The Balaban J connectivity index is 2.53. The van der Waals surface area contributed by atoms with Gasteiger partial charge in [-0.3, -0.25) is 9.48 Å². The van der Waals surface area contributed by atoms with E-state index in [1.165, 1.54) is 0 Å². The first-order valence-electron chi connectivity index (χ1n) is 4.72. The summed E-state index contributed by atoms with van der Waals surface area (Å²) in [5.74, 6) is 1.04. The van der Waals surface area contributed by atoms with Crippen molar-refractivity contribution in [1.29, 1.82) is 0 Å². The van der Waals surface area contributed by atoms with Crippen LogP contribution in [0.15, 0.2) is 0 Å². The summed E-state index contributed by atoms with van der Waals surface area (Å²) in [6, 6.07) is 0. The molecule has 0 bridgehead atoms. The fourth-order valence-electron chi connectivity index (χ4n) is 1.84. The van der Waals surface area contributed by atoms with Crippen LogP contribution in [0, 0.1) is 6.92 Å². The summed E-state index contributed by atoms with van der Waals surface area (Å²) in [4.78, 5) is 13.4. The van der Waals surface area contributed by atoms with E-state index in [4.69, 9.17) is 0 Å². The van der Waals surface area contributed by atoms with Gasteiger partial charge in [0, 0.05) is 13.6 Å². The number of likely N-dealkylation sites (N-methyl/N-ethyl adjacent to an activating group) is 1. The Morgan fingerprint density at radius 2 is 2.29 bits per heavy atom. The molecule has 0 aliphatic carbocycles. The first-order valence-corrected chi connectivity index (χ1v) is 4.72. The maximum absolute atomic E-state index is 11.4. The van der Waals surface area contributed by atoms with Crippen LogP contribution < -0.4 is 10.2 Å². The highest BCUT2D eigenvalue weighted by molar-refractivity contribution is 6.01. The number of amides is 1. The molecule has 0 unspecified atom stereocenters. The van der Waals surface area contributed by atoms with Crippen molar-refractivity contribution in [2.45, 2.75) is 13.8 Å². The minimum Gasteiger partial charge on any atom is -0.346 e. The van der Waals surface area contributed by atoms with Crippen LogP contribution in [0.25, 0.3) is 0 Å². The molecule has 0 atom stereocenters. The van der Waals surface area contributed by atoms with Gasteiger partial charge in [-0.2, -0.15) is 5.10 Å². The Hall–Kier alpha value is -1.52. The predicted molar refractivity (Wildman–Crippen MR) is 54.5 cm³/mol. The van der Waals surface area contributed by atoms with E-state index < -0.39 is 0 Å². The van der Waals surface area contributed by atoms with Crippen molar-refractivity contribution in [3.05, 3.63) is 5.69 Å². The summed E-state index contributed by atoms with van der Waals surface area (Å²) < 4.78 is 1.81. The van der Waals surface area contributed by atoms with Crippen molar-refractivity contribution in [1.82, 2.24) is 9.78 Å². The Bertz CT molecular complexity index is 382. The molecule has 0 radical (unpaired) electrons. The number of rotatable bonds is 1. The first kappa shape index (κ1) is 9.05. The third-order valence-corrected chi connectivity index (χ3v) is 2.47. The predicted octanol–water partition coefficient (Wildman–Crippen LogP) is 0.507. The molecule has 0 aromatic carbocycles. The van der Waals surface area contributed by atoms with Gasteiger partial charge >= 0.3 is 0 Å². The van der Waals surface area contributed by atoms with Crippen molar-refractivity contribution >= 4 is 17.4 Å². The number of hydrogen-bond acceptors (Lipinski definition) is 3. The summed E-state index contributed by atoms with van der Waals surface area (Å²) in [7, 11) is 1.89. The second-order valence-corrected chi connectivity index (χ2v) is 3.47. The number of aryl methyl sites for hydroxylation is 2. The van der Waals surface area contributed by atoms with Gasteiger partial charge in [-0.05, 0) is 13.8 Å². The average Bonchev–Trinajstić information content (AvgIpc) is 2.41. The van der Waals surface area contributed by atoms with Gasteiger partial charge in [-0.1, -0.05) is 0 Å². The number of fused-ring (bicyclic) bond motifs is 1. The van der Waals surface area contributed by atoms with E-state index in [2.05, 4.69) is 10.4 Å². The molecule has 76 valence electrons. The first-order chi connectivity index (χ1) is 6.63. The van der Waals surface area contributed by atoms with Crippen LogP contribution in [0.2, 0.25) is 0 Å². The zero-order chi connectivity index (χ0) is 10.3. The zero-order valence-corrected chi connectivity index (χ0v) is 8.66. The molecule has 5 nitrogen and oxygen atoms in total. The SMILES string of the molecule is CCN1CC(=O)Nc2c(C)nn(C)c21. The molecule has 0 spiro atoms. The average molecular weight is 194 g/mol. The van der Waals surface area contributed by atoms with Crippen LogP contribution in [-0.4, -0.2) is 28.8 Å². The number of aromatic nitrogens is 2. The number of nitrogens with one attached hydrogen (secondary N) is 1. The van der Waals surface area contributed by atoms with Gasteiger partial charge in [0.1, 0.15) is 5.69 Å². The lowest BCUT2D eigenvalue weighted by molar-refractivity contribution is -0.115. The van der Waals surface area contributed by atoms with Gasteiger partial charge in [-0.15, -0.1) is 0 Å². The molecular weight excluding hydrogens is 180 g/mol. The minimum atomic E-state index is 0.0375. The van der Waals surface area contributed by atoms with Crippen LogP contribution in [0.1, 0.15) is 12.6 Å². The molecule has 1 aromatic rings. The highest BCUT2D eigenvalue weighted by Gasteiger charge is 2.26. The van der Waals surface area contributed by atoms with E-state index in [1.54, 1.807) is 0 Å². The quantitative estimate of drug-likeness (QED) is 0.708. The van der Waals surface area contributed by atoms with Crippen molar-refractivity contribution in [2.75, 3.05) is 23.3 Å². The lowest BCUT2D eigenvalue weighted by atomic mass is 10.3. The molecule has 2 rings (SSSR count). The fraction of sp³-hybridized carbons (Fsp3) is 0.556. The minimum absolute atomic E-state index is 0.0375. The summed E-state index contributed by atoms with van der Waals surface area (Å²) in [5.41, 5.74) is 1.72. The third kappa shape index (κ3) is 1.16. The maximum atomic E-state index is 11.4. The largest absolute Gasteiger partial charge is 0.346 e. The van der Waals surface area contributed by atoms with Crippen LogP contribution in [0.4, 0.5) is 11.5 Å². The summed E-state index contributed by atoms with van der Waals surface area (Å²) in [6.45, 7) is 5.17. The van der Waals surface area contributed by atoms with Crippen molar-refractivity contribution in [3.8, 4) is 0 Å². The van der Waals surface area contributed by atoms with E-state index in [9.17, 15) is 4.79 Å². The molecule has 1 aliphatic rings. The lowest BCUT2D eigenvalue weighted by Crippen LogP contribution is -2.38. The lowest BCUT2D eigenvalue weighted by Gasteiger charge is -2.27. The van der Waals surface area contributed by atoms with Gasteiger partial charge in [0.05, 0.1) is 12.2 Å². The topological polar surface area (TPSA) is 50.2 Å². The van der Waals surface area contributed by atoms with Gasteiger partial charge in [0.25, 0.3) is 0 Å². The standard InChI is InChI=1S/C9H14N4O/c1-4-13-5-7(14)10-8-6(2)11-12(3)9(8)13/h4-5H2,1-3H3,(H,10,14). The normalized spacial score (nSPS) is 15.4. The molecule has 0 saturated carbocycles. The van der Waals surface area contributed by atoms with Crippen LogP contribution in [0.3, 0.4) is 0 Å². The van der Waals surface area contributed by atoms with Crippen LogP contribution in [-0.2, 0) is 11.8 Å². The van der Waals surface area contributed by atoms with E-state index in [-0.39, 0.29) is 5.91 Å². The van der Waals surface area contributed by atoms with Crippen molar-refractivity contribution < 1.29 is 4.79 Å². The van der Waals surface area contributed by atoms with Crippen LogP contribution in [0.5, 0.6) is 0 Å². The summed E-state index contributed by atoms with van der Waals surface area (Å²) in [6.07, 6.45) is 0. The Morgan fingerprint density at radius 3 is 2.93 bits per heavy atom. The highest BCUT2D eigenvalue weighted by Crippen LogP contribution is 2.31. The molecule has 0 fully saturated rings. The molecule has 1 N–H and O–H groups in total. The van der Waals surface area contributed by atoms with E-state index in [0.29, 0.717) is 6.54 Å². The number of nitrogens with zero attached hydrogens (tertiary/aromatic N) is 3. The molecule has 2 heterocycles. The molecule has 5 heteroatoms. The van der Waals surface area contributed by atoms with Gasteiger partial charge in [-0.25, -0.2) is 0 Å². The van der Waals surface area contributed by atoms with Gasteiger partial charge in [0.15, 0.2) is 5.82 Å². The van der Waals surface area contributed by atoms with Gasteiger partial charge in [0.2, 0.25) is 5.91 Å². The molecule has 0 saturated heterocycles. The number of hydrogen-bond donors (Lipinski definition) is 1. The highest BCUT2D eigenvalue weighted by atomic mass is 16.2. The van der Waals surface area contributed by atoms with Crippen molar-refractivity contribution in [3.63, 3.8) is 0 Å². The Kier molecular flexibility index (Phi) is 1.94. The van der Waals surface area contributed by atoms with Crippen LogP contribution >= 0.6 is 0 Å². The number of anilines is 2. The third-order valence-electron chi connectivity index (χ3n) is 2.47. The second-order valence-electron chi connectivity index (χ2n) is 3.47. The van der Waals surface area contributed by atoms with E-state index in [0.717, 1.165) is 23.7 Å². The fourth-order valence-corrected chi connectivity index (χ4v) is 1.84. The molecule has 1 amide bonds. The molecule has 1 aromatic heterocycles. The monoisotopic (exact) mass is 194 g/mol. The van der Waals surface area contributed by atoms with Gasteiger partial charge < -0.3 is 10.2 Å². The number of carbonyl (C=O) groups is 1. The second kappa shape index (κ2) is 3.01. The van der Waals surface area contributed by atoms with E-state index in [1.807, 2.05) is 30.5 Å².